The van der Waals surface area contributed by atoms with E-state index in [4.69, 9.17) is 5.73 Å². The average Bonchev–Trinajstić information content (AvgIpc) is 2.64. The van der Waals surface area contributed by atoms with Crippen LogP contribution in [-0.4, -0.2) is 28.3 Å². The van der Waals surface area contributed by atoms with E-state index in [1.54, 1.807) is 6.92 Å². The second kappa shape index (κ2) is 8.88. The summed E-state index contributed by atoms with van der Waals surface area (Å²) < 4.78 is 0. The molecule has 0 saturated carbocycles. The molecule has 0 radical (unpaired) electrons. The number of rotatable bonds is 8. The first-order valence-electron chi connectivity index (χ1n) is 8.69. The molecular weight excluding hydrogens is 348 g/mol. The van der Waals surface area contributed by atoms with Gasteiger partial charge in [-0.2, -0.15) is 0 Å². The van der Waals surface area contributed by atoms with Crippen LogP contribution in [0.15, 0.2) is 30.3 Å². The number of nitrogens with two attached hydrogens (primary N) is 1. The van der Waals surface area contributed by atoms with Crippen molar-refractivity contribution in [2.75, 3.05) is 6.54 Å². The standard InChI is InChI=1S/C19H22N4O4/c1-3-4-5-10-21-19(25)17-16(11-15(18(20)24)12(2)22-17)13-6-8-14(9-7-13)23(26)27/h6-9,11H,3-5,10H2,1-2H3,(H2,20,24)(H,21,25). The van der Waals surface area contributed by atoms with E-state index in [1.807, 2.05) is 0 Å². The van der Waals surface area contributed by atoms with Crippen molar-refractivity contribution in [1.29, 1.82) is 0 Å². The van der Waals surface area contributed by atoms with Crippen molar-refractivity contribution in [3.63, 3.8) is 0 Å². The molecule has 27 heavy (non-hydrogen) atoms. The molecule has 8 nitrogen and oxygen atoms in total. The van der Waals surface area contributed by atoms with E-state index >= 15 is 0 Å². The molecule has 0 saturated heterocycles. The summed E-state index contributed by atoms with van der Waals surface area (Å²) in [7, 11) is 0. The molecule has 0 fully saturated rings. The van der Waals surface area contributed by atoms with Crippen LogP contribution in [0.3, 0.4) is 0 Å². The van der Waals surface area contributed by atoms with Crippen molar-refractivity contribution >= 4 is 17.5 Å². The number of carbonyl (C=O) groups is 2. The Hall–Kier alpha value is -3.29. The molecule has 0 aliphatic carbocycles. The first kappa shape index (κ1) is 20.0. The van der Waals surface area contributed by atoms with E-state index in [0.29, 0.717) is 23.4 Å². The first-order chi connectivity index (χ1) is 12.8. The number of aryl methyl sites for hydroxylation is 1. The van der Waals surface area contributed by atoms with Crippen molar-refractivity contribution in [2.45, 2.75) is 33.1 Å². The molecule has 2 aromatic rings. The number of hydrogen-bond acceptors (Lipinski definition) is 5. The zero-order valence-electron chi connectivity index (χ0n) is 15.3. The molecule has 0 aliphatic rings. The second-order valence-electron chi connectivity index (χ2n) is 6.15. The van der Waals surface area contributed by atoms with E-state index < -0.39 is 10.8 Å². The SMILES string of the molecule is CCCCCNC(=O)c1nc(C)c(C(N)=O)cc1-c1ccc([N+](=O)[O-])cc1. The van der Waals surface area contributed by atoms with Crippen molar-refractivity contribution in [2.24, 2.45) is 5.73 Å². The van der Waals surface area contributed by atoms with Crippen molar-refractivity contribution < 1.29 is 14.5 Å². The third kappa shape index (κ3) is 4.87. The topological polar surface area (TPSA) is 128 Å². The van der Waals surface area contributed by atoms with Crippen LogP contribution in [0.25, 0.3) is 11.1 Å². The summed E-state index contributed by atoms with van der Waals surface area (Å²) in [4.78, 5) is 38.9. The van der Waals surface area contributed by atoms with Gasteiger partial charge in [0.15, 0.2) is 0 Å². The molecule has 3 N–H and O–H groups in total. The van der Waals surface area contributed by atoms with E-state index in [1.165, 1.54) is 30.3 Å². The van der Waals surface area contributed by atoms with Gasteiger partial charge < -0.3 is 11.1 Å². The van der Waals surface area contributed by atoms with Gasteiger partial charge in [0.05, 0.1) is 16.2 Å². The Bertz CT molecular complexity index is 863. The molecule has 0 aliphatic heterocycles. The predicted molar refractivity (Wildman–Crippen MR) is 101 cm³/mol. The fraction of sp³-hybridized carbons (Fsp3) is 0.316. The van der Waals surface area contributed by atoms with Crippen LogP contribution < -0.4 is 11.1 Å². The maximum Gasteiger partial charge on any atom is 0.270 e. The van der Waals surface area contributed by atoms with Crippen molar-refractivity contribution in [3.05, 3.63) is 57.4 Å². The van der Waals surface area contributed by atoms with Crippen LogP contribution in [0, 0.1) is 17.0 Å². The fourth-order valence-electron chi connectivity index (χ4n) is 2.67. The minimum absolute atomic E-state index is 0.0699. The predicted octanol–water partition coefficient (Wildman–Crippen LogP) is 2.98. The Morgan fingerprint density at radius 1 is 1.22 bits per heavy atom. The van der Waals surface area contributed by atoms with Gasteiger partial charge in [-0.25, -0.2) is 4.98 Å². The van der Waals surface area contributed by atoms with Gasteiger partial charge in [-0.1, -0.05) is 19.8 Å². The van der Waals surface area contributed by atoms with Crippen LogP contribution >= 0.6 is 0 Å². The minimum atomic E-state index is -0.655. The van der Waals surface area contributed by atoms with E-state index in [0.717, 1.165) is 19.3 Å². The van der Waals surface area contributed by atoms with Gasteiger partial charge in [-0.3, -0.25) is 19.7 Å². The molecule has 0 atom stereocenters. The van der Waals surface area contributed by atoms with Crippen LogP contribution in [0.1, 0.15) is 52.7 Å². The molecule has 0 bridgehead atoms. The molecule has 8 heteroatoms. The van der Waals surface area contributed by atoms with Crippen molar-refractivity contribution in [1.82, 2.24) is 10.3 Å². The minimum Gasteiger partial charge on any atom is -0.366 e. The number of primary amides is 1. The van der Waals surface area contributed by atoms with Crippen LogP contribution in [0.5, 0.6) is 0 Å². The number of nitro benzene ring substituents is 1. The normalized spacial score (nSPS) is 10.4. The van der Waals surface area contributed by atoms with Gasteiger partial charge >= 0.3 is 0 Å². The molecule has 2 rings (SSSR count). The Morgan fingerprint density at radius 2 is 1.89 bits per heavy atom. The Labute approximate surface area is 156 Å². The summed E-state index contributed by atoms with van der Waals surface area (Å²) in [6.45, 7) is 4.19. The molecule has 142 valence electrons. The quantitative estimate of drug-likeness (QED) is 0.419. The van der Waals surface area contributed by atoms with Crippen LogP contribution in [0.4, 0.5) is 5.69 Å². The van der Waals surface area contributed by atoms with Crippen LogP contribution in [-0.2, 0) is 0 Å². The summed E-state index contributed by atoms with van der Waals surface area (Å²) in [5.74, 6) is -1.02. The van der Waals surface area contributed by atoms with Gasteiger partial charge in [-0.15, -0.1) is 0 Å². The Kier molecular flexibility index (Phi) is 6.59. The number of non-ortho nitro benzene ring substituents is 1. The largest absolute Gasteiger partial charge is 0.366 e. The number of aromatic nitrogens is 1. The maximum absolute atomic E-state index is 12.6. The summed E-state index contributed by atoms with van der Waals surface area (Å²) in [6, 6.07) is 7.21. The van der Waals surface area contributed by atoms with Gasteiger partial charge in [0.2, 0.25) is 0 Å². The molecule has 1 aromatic heterocycles. The zero-order valence-corrected chi connectivity index (χ0v) is 15.3. The smallest absolute Gasteiger partial charge is 0.270 e. The number of carbonyl (C=O) groups excluding carboxylic acids is 2. The lowest BCUT2D eigenvalue weighted by Gasteiger charge is -2.13. The fourth-order valence-corrected chi connectivity index (χ4v) is 2.67. The first-order valence-corrected chi connectivity index (χ1v) is 8.69. The van der Waals surface area contributed by atoms with Gasteiger partial charge in [0, 0.05) is 24.2 Å². The number of nitrogens with zero attached hydrogens (tertiary/aromatic N) is 2. The number of hydrogen-bond donors (Lipinski definition) is 2. The molecule has 0 unspecified atom stereocenters. The summed E-state index contributed by atoms with van der Waals surface area (Å²) in [6.07, 6.45) is 2.89. The number of nitro groups is 1. The van der Waals surface area contributed by atoms with Gasteiger partial charge in [0.1, 0.15) is 5.69 Å². The highest BCUT2D eigenvalue weighted by Crippen LogP contribution is 2.27. The highest BCUT2D eigenvalue weighted by Gasteiger charge is 2.19. The number of nitrogens with one attached hydrogen (secondary N) is 1. The summed E-state index contributed by atoms with van der Waals surface area (Å²) in [5, 5.41) is 13.7. The lowest BCUT2D eigenvalue weighted by Crippen LogP contribution is -2.27. The van der Waals surface area contributed by atoms with Crippen molar-refractivity contribution in [3.8, 4) is 11.1 Å². The number of amides is 2. The molecule has 1 aromatic carbocycles. The van der Waals surface area contributed by atoms with E-state index in [9.17, 15) is 19.7 Å². The van der Waals surface area contributed by atoms with Crippen LogP contribution in [0.2, 0.25) is 0 Å². The van der Waals surface area contributed by atoms with E-state index in [-0.39, 0.29) is 22.9 Å². The van der Waals surface area contributed by atoms with Gasteiger partial charge in [0.25, 0.3) is 17.5 Å². The lowest BCUT2D eigenvalue weighted by molar-refractivity contribution is -0.384. The number of unbranched alkanes of at least 4 members (excludes halogenated alkanes) is 2. The average molecular weight is 370 g/mol. The molecule has 1 heterocycles. The molecule has 2 amide bonds. The third-order valence-electron chi connectivity index (χ3n) is 4.15. The third-order valence-corrected chi connectivity index (χ3v) is 4.15. The van der Waals surface area contributed by atoms with E-state index in [2.05, 4.69) is 17.2 Å². The number of benzene rings is 1. The monoisotopic (exact) mass is 370 g/mol. The lowest BCUT2D eigenvalue weighted by atomic mass is 9.99. The summed E-state index contributed by atoms with van der Waals surface area (Å²) >= 11 is 0. The van der Waals surface area contributed by atoms with Gasteiger partial charge in [-0.05, 0) is 37.1 Å². The zero-order chi connectivity index (χ0) is 20.0. The Morgan fingerprint density at radius 3 is 2.44 bits per heavy atom. The highest BCUT2D eigenvalue weighted by molar-refractivity contribution is 6.02. The maximum atomic E-state index is 12.6. The summed E-state index contributed by atoms with van der Waals surface area (Å²) in [5.41, 5.74) is 6.97. The Balaban J connectivity index is 2.45. The molecular formula is C19H22N4O4. The highest BCUT2D eigenvalue weighted by atomic mass is 16.6. The second-order valence-corrected chi connectivity index (χ2v) is 6.15. The molecule has 0 spiro atoms. The number of pyridine rings is 1.